The molecule has 0 aliphatic carbocycles. The van der Waals surface area contributed by atoms with Crippen LogP contribution in [0.1, 0.15) is 17.7 Å². The molecule has 0 bridgehead atoms. The average molecular weight is 312 g/mol. The summed E-state index contributed by atoms with van der Waals surface area (Å²) in [5.41, 5.74) is 1.02. The van der Waals surface area contributed by atoms with Gasteiger partial charge in [-0.3, -0.25) is 0 Å². The molecule has 1 aromatic carbocycles. The fourth-order valence-corrected chi connectivity index (χ4v) is 3.48. The van der Waals surface area contributed by atoms with Crippen LogP contribution in [0.2, 0.25) is 0 Å². The zero-order valence-corrected chi connectivity index (χ0v) is 14.4. The molecule has 0 fully saturated rings. The van der Waals surface area contributed by atoms with Crippen LogP contribution in [0.4, 0.5) is 0 Å². The maximum Gasteiger partial charge on any atom is 1.00 e. The van der Waals surface area contributed by atoms with Crippen LogP contribution in [-0.4, -0.2) is 31.3 Å². The van der Waals surface area contributed by atoms with Crippen molar-refractivity contribution in [2.45, 2.75) is 12.2 Å². The summed E-state index contributed by atoms with van der Waals surface area (Å²) in [6.07, 6.45) is 0. The second-order valence-corrected chi connectivity index (χ2v) is 6.86. The molecule has 0 saturated carbocycles. The third-order valence-electron chi connectivity index (χ3n) is 2.57. The normalized spacial score (nSPS) is 14.8. The van der Waals surface area contributed by atoms with E-state index in [2.05, 4.69) is 0 Å². The van der Waals surface area contributed by atoms with Crippen molar-refractivity contribution in [2.75, 3.05) is 18.3 Å². The third-order valence-corrected chi connectivity index (χ3v) is 4.74. The van der Waals surface area contributed by atoms with Gasteiger partial charge in [-0.05, 0) is 24.6 Å². The Labute approximate surface area is 139 Å². The Balaban J connectivity index is 0.00000180. The van der Waals surface area contributed by atoms with Crippen LogP contribution in [0.15, 0.2) is 18.2 Å². The van der Waals surface area contributed by atoms with Crippen molar-refractivity contribution in [1.82, 2.24) is 0 Å². The van der Waals surface area contributed by atoms with E-state index < -0.39 is 10.1 Å². The number of fused-ring (bicyclic) bond motifs is 1. The number of hydrogen-bond acceptors (Lipinski definition) is 6. The van der Waals surface area contributed by atoms with Crippen LogP contribution < -0.4 is 39.0 Å². The first-order chi connectivity index (χ1) is 8.46. The summed E-state index contributed by atoms with van der Waals surface area (Å²) in [5.74, 6) is 1.38. The molecule has 100 valence electrons. The van der Waals surface area contributed by atoms with Crippen molar-refractivity contribution < 1.29 is 52.0 Å². The van der Waals surface area contributed by atoms with Gasteiger partial charge >= 0.3 is 29.6 Å². The molecule has 8 heteroatoms. The minimum absolute atomic E-state index is 0. The van der Waals surface area contributed by atoms with Gasteiger partial charge in [-0.2, -0.15) is 11.8 Å². The number of ether oxygens (including phenoxy) is 2. The summed E-state index contributed by atoms with van der Waals surface area (Å²) in [6.45, 7) is 2.19. The van der Waals surface area contributed by atoms with Crippen molar-refractivity contribution in [2.24, 2.45) is 0 Å². The molecule has 1 aliphatic rings. The summed E-state index contributed by atoms with van der Waals surface area (Å²) in [6, 6.07) is 5.63. The quantitative estimate of drug-likeness (QED) is 0.500. The van der Waals surface area contributed by atoms with Crippen molar-refractivity contribution >= 4 is 21.9 Å². The van der Waals surface area contributed by atoms with E-state index in [1.807, 2.05) is 25.1 Å². The molecule has 2 rings (SSSR count). The standard InChI is InChI=1S/C11H14O5S2.Na/c1-8(17-4-5-18(12,13)14)9-2-3-10-11(6-9)16-7-15-10;/h2-3,6,8H,4-5,7H2,1H3,(H,12,13,14);/q;+1/p-1. The monoisotopic (exact) mass is 312 g/mol. The molecule has 0 saturated heterocycles. The van der Waals surface area contributed by atoms with Gasteiger partial charge in [0.1, 0.15) is 0 Å². The smallest absolute Gasteiger partial charge is 0.748 e. The molecule has 1 unspecified atom stereocenters. The summed E-state index contributed by atoms with van der Waals surface area (Å²) < 4.78 is 42.0. The topological polar surface area (TPSA) is 75.7 Å². The third kappa shape index (κ3) is 5.17. The molecular weight excluding hydrogens is 299 g/mol. The molecule has 0 aromatic heterocycles. The zero-order chi connectivity index (χ0) is 13.2. The van der Waals surface area contributed by atoms with Crippen LogP contribution in [0.25, 0.3) is 0 Å². The van der Waals surface area contributed by atoms with Gasteiger partial charge < -0.3 is 14.0 Å². The maximum atomic E-state index is 10.5. The van der Waals surface area contributed by atoms with Gasteiger partial charge in [-0.25, -0.2) is 8.42 Å². The Morgan fingerprint density at radius 1 is 1.37 bits per heavy atom. The van der Waals surface area contributed by atoms with Gasteiger partial charge in [0.15, 0.2) is 11.5 Å². The first kappa shape index (κ1) is 17.1. The van der Waals surface area contributed by atoms with E-state index in [4.69, 9.17) is 9.47 Å². The average Bonchev–Trinajstić information content (AvgIpc) is 2.73. The Bertz CT molecular complexity index is 532. The van der Waals surface area contributed by atoms with E-state index >= 15 is 0 Å². The van der Waals surface area contributed by atoms with Crippen LogP contribution in [-0.2, 0) is 10.1 Å². The number of benzene rings is 1. The van der Waals surface area contributed by atoms with Crippen molar-refractivity contribution in [1.29, 1.82) is 0 Å². The second-order valence-electron chi connectivity index (χ2n) is 3.89. The molecule has 0 amide bonds. The Kier molecular flexibility index (Phi) is 6.49. The SMILES string of the molecule is CC(SCCS(=O)(=O)[O-])c1ccc2c(c1)OCO2.[Na+]. The Morgan fingerprint density at radius 2 is 2.05 bits per heavy atom. The first-order valence-electron chi connectivity index (χ1n) is 5.40. The molecule has 1 heterocycles. The van der Waals surface area contributed by atoms with E-state index in [0.717, 1.165) is 11.3 Å². The van der Waals surface area contributed by atoms with Gasteiger partial charge in [0, 0.05) is 16.8 Å². The summed E-state index contributed by atoms with van der Waals surface area (Å²) in [4.78, 5) is 0. The molecule has 0 spiro atoms. The molecule has 1 aromatic rings. The minimum Gasteiger partial charge on any atom is -0.748 e. The largest absolute Gasteiger partial charge is 1.00 e. The van der Waals surface area contributed by atoms with Crippen LogP contribution in [0.5, 0.6) is 11.5 Å². The van der Waals surface area contributed by atoms with E-state index in [-0.39, 0.29) is 47.4 Å². The van der Waals surface area contributed by atoms with Gasteiger partial charge in [0.25, 0.3) is 0 Å². The first-order valence-corrected chi connectivity index (χ1v) is 8.03. The molecule has 1 aliphatic heterocycles. The Hall–Kier alpha value is 0.0800. The zero-order valence-electron chi connectivity index (χ0n) is 10.8. The fourth-order valence-electron chi connectivity index (χ4n) is 1.59. The molecule has 1 atom stereocenters. The maximum absolute atomic E-state index is 10.5. The second kappa shape index (κ2) is 7.19. The molecule has 0 radical (unpaired) electrons. The molecular formula is C11H13NaO5S2. The predicted octanol–water partition coefficient (Wildman–Crippen LogP) is -1.24. The van der Waals surface area contributed by atoms with Crippen LogP contribution in [0, 0.1) is 0 Å². The van der Waals surface area contributed by atoms with E-state index in [9.17, 15) is 13.0 Å². The van der Waals surface area contributed by atoms with E-state index in [1.165, 1.54) is 11.8 Å². The summed E-state index contributed by atoms with van der Waals surface area (Å²) in [7, 11) is -4.13. The van der Waals surface area contributed by atoms with Gasteiger partial charge in [0.2, 0.25) is 6.79 Å². The number of thioether (sulfide) groups is 1. The number of hydrogen-bond donors (Lipinski definition) is 0. The molecule has 19 heavy (non-hydrogen) atoms. The summed E-state index contributed by atoms with van der Waals surface area (Å²) in [5, 5.41) is 0.0984. The van der Waals surface area contributed by atoms with Crippen LogP contribution in [0.3, 0.4) is 0 Å². The van der Waals surface area contributed by atoms with Crippen LogP contribution >= 0.6 is 11.8 Å². The number of rotatable bonds is 5. The predicted molar refractivity (Wildman–Crippen MR) is 68.0 cm³/mol. The molecule has 0 N–H and O–H groups in total. The fraction of sp³-hybridized carbons (Fsp3) is 0.455. The van der Waals surface area contributed by atoms with Crippen molar-refractivity contribution in [3.8, 4) is 11.5 Å². The minimum atomic E-state index is -4.13. The summed E-state index contributed by atoms with van der Waals surface area (Å²) >= 11 is 1.43. The Morgan fingerprint density at radius 3 is 2.74 bits per heavy atom. The van der Waals surface area contributed by atoms with Crippen molar-refractivity contribution in [3.63, 3.8) is 0 Å². The van der Waals surface area contributed by atoms with Gasteiger partial charge in [-0.1, -0.05) is 6.07 Å². The van der Waals surface area contributed by atoms with Gasteiger partial charge in [0.05, 0.1) is 10.1 Å². The van der Waals surface area contributed by atoms with E-state index in [1.54, 1.807) is 0 Å². The van der Waals surface area contributed by atoms with Gasteiger partial charge in [-0.15, -0.1) is 0 Å². The molecule has 5 nitrogen and oxygen atoms in total. The van der Waals surface area contributed by atoms with Crippen molar-refractivity contribution in [3.05, 3.63) is 23.8 Å². The van der Waals surface area contributed by atoms with E-state index in [0.29, 0.717) is 11.5 Å².